The van der Waals surface area contributed by atoms with E-state index in [4.69, 9.17) is 9.84 Å². The minimum atomic E-state index is -0.590. The van der Waals surface area contributed by atoms with Crippen LogP contribution in [-0.2, 0) is 22.4 Å². The quantitative estimate of drug-likeness (QED) is 0.314. The number of nitrogens with one attached hydrogen (secondary N) is 1. The van der Waals surface area contributed by atoms with Gasteiger partial charge in [0.1, 0.15) is 18.1 Å². The van der Waals surface area contributed by atoms with Crippen LogP contribution in [0, 0.1) is 5.82 Å². The summed E-state index contributed by atoms with van der Waals surface area (Å²) in [7, 11) is 0. The topological polar surface area (TPSA) is 59.4 Å². The maximum Gasteiger partial charge on any atom is 0.250 e. The van der Waals surface area contributed by atoms with Gasteiger partial charge in [-0.3, -0.25) is 4.79 Å². The molecule has 1 amide bonds. The molecule has 6 rings (SSSR count). The second-order valence-electron chi connectivity index (χ2n) is 9.26. The van der Waals surface area contributed by atoms with E-state index in [1.54, 1.807) is 21.7 Å². The van der Waals surface area contributed by atoms with Crippen molar-refractivity contribution in [2.45, 2.75) is 19.1 Å². The summed E-state index contributed by atoms with van der Waals surface area (Å²) in [6.45, 7) is 4.52. The van der Waals surface area contributed by atoms with E-state index in [1.165, 1.54) is 17.7 Å². The second-order valence-corrected chi connectivity index (χ2v) is 10.2. The molecule has 37 heavy (non-hydrogen) atoms. The highest BCUT2D eigenvalue weighted by Crippen LogP contribution is 2.36. The van der Waals surface area contributed by atoms with Crippen molar-refractivity contribution in [1.29, 1.82) is 0 Å². The van der Waals surface area contributed by atoms with Crippen LogP contribution in [0.25, 0.3) is 16.9 Å². The molecular weight excluding hydrogens is 535 g/mol. The fourth-order valence-electron chi connectivity index (χ4n) is 4.86. The van der Waals surface area contributed by atoms with Crippen LogP contribution in [0.1, 0.15) is 22.9 Å². The van der Waals surface area contributed by atoms with Crippen LogP contribution in [0.15, 0.2) is 89.7 Å². The lowest BCUT2D eigenvalue weighted by Gasteiger charge is -2.23. The molecule has 0 bridgehead atoms. The molecule has 2 aliphatic rings. The molecule has 0 saturated carbocycles. The van der Waals surface area contributed by atoms with Crippen LogP contribution in [0.5, 0.6) is 0 Å². The van der Waals surface area contributed by atoms with Gasteiger partial charge in [0.25, 0.3) is 5.91 Å². The number of amides is 1. The highest BCUT2D eigenvalue weighted by atomic mass is 79.9. The Labute approximate surface area is 222 Å². The van der Waals surface area contributed by atoms with E-state index in [0.29, 0.717) is 18.7 Å². The Morgan fingerprint density at radius 1 is 1.11 bits per heavy atom. The first-order chi connectivity index (χ1) is 17.9. The number of carbonyl (C=O) groups is 1. The van der Waals surface area contributed by atoms with Gasteiger partial charge in [-0.15, -0.1) is 0 Å². The maximum atomic E-state index is 13.7. The van der Waals surface area contributed by atoms with E-state index >= 15 is 0 Å². The average Bonchev–Trinajstić information content (AvgIpc) is 3.59. The smallest absolute Gasteiger partial charge is 0.250 e. The van der Waals surface area contributed by atoms with Crippen molar-refractivity contribution in [2.24, 2.45) is 0 Å². The number of hydrogen-bond donors (Lipinski definition) is 1. The Balaban J connectivity index is 1.32. The van der Waals surface area contributed by atoms with Crippen LogP contribution in [-0.4, -0.2) is 33.7 Å². The van der Waals surface area contributed by atoms with Crippen LogP contribution < -0.4 is 5.32 Å². The van der Waals surface area contributed by atoms with E-state index in [0.717, 1.165) is 44.7 Å². The third kappa shape index (κ3) is 4.70. The number of benzene rings is 3. The normalized spacial score (nSPS) is 16.8. The number of carbonyl (C=O) groups excluding carboxylic acids is 1. The number of fused-ring (bicyclic) bond motifs is 1. The molecule has 3 aromatic carbocycles. The third-order valence-corrected chi connectivity index (χ3v) is 7.24. The molecule has 6 nitrogen and oxygen atoms in total. The minimum Gasteiger partial charge on any atom is -0.359 e. The Bertz CT molecular complexity index is 1500. The minimum absolute atomic E-state index is 0.00488. The maximum absolute atomic E-state index is 13.7. The summed E-state index contributed by atoms with van der Waals surface area (Å²) in [5, 5.41) is 8.11. The molecule has 4 aromatic rings. The van der Waals surface area contributed by atoms with Crippen LogP contribution in [0.2, 0.25) is 0 Å². The third-order valence-electron chi connectivity index (χ3n) is 6.71. The SMILES string of the molecule is C=C1Cc2cc(CCN3C(=O)COC3c3cn(-c4ccc(Br)cc4)nc3-c3ccc(F)cc3)ccc2N1. The molecule has 2 aliphatic heterocycles. The molecule has 1 aromatic heterocycles. The Morgan fingerprint density at radius 3 is 2.68 bits per heavy atom. The monoisotopic (exact) mass is 558 g/mol. The van der Waals surface area contributed by atoms with Crippen molar-refractivity contribution >= 4 is 27.5 Å². The fourth-order valence-corrected chi connectivity index (χ4v) is 5.13. The summed E-state index contributed by atoms with van der Waals surface area (Å²) in [5.41, 5.74) is 7.48. The van der Waals surface area contributed by atoms with Crippen LogP contribution in [0.3, 0.4) is 0 Å². The zero-order valence-electron chi connectivity index (χ0n) is 20.0. The van der Waals surface area contributed by atoms with Gasteiger partial charge < -0.3 is 15.0 Å². The van der Waals surface area contributed by atoms with Gasteiger partial charge >= 0.3 is 0 Å². The van der Waals surface area contributed by atoms with Crippen molar-refractivity contribution in [3.63, 3.8) is 0 Å². The predicted molar refractivity (Wildman–Crippen MR) is 144 cm³/mol. The summed E-state index contributed by atoms with van der Waals surface area (Å²) >= 11 is 3.47. The number of halogens is 2. The van der Waals surface area contributed by atoms with Gasteiger partial charge in [-0.1, -0.05) is 34.6 Å². The van der Waals surface area contributed by atoms with E-state index in [-0.39, 0.29) is 18.3 Å². The first-order valence-electron chi connectivity index (χ1n) is 12.0. The van der Waals surface area contributed by atoms with Gasteiger partial charge in [-0.2, -0.15) is 5.10 Å². The summed E-state index contributed by atoms with van der Waals surface area (Å²) in [5.74, 6) is -0.387. The van der Waals surface area contributed by atoms with Gasteiger partial charge in [-0.25, -0.2) is 9.07 Å². The van der Waals surface area contributed by atoms with E-state index < -0.39 is 6.23 Å². The van der Waals surface area contributed by atoms with Crippen LogP contribution in [0.4, 0.5) is 10.1 Å². The molecule has 0 aliphatic carbocycles. The molecular formula is C29H24BrFN4O2. The van der Waals surface area contributed by atoms with E-state index in [9.17, 15) is 9.18 Å². The zero-order valence-corrected chi connectivity index (χ0v) is 21.5. The Kier molecular flexibility index (Phi) is 6.14. The fraction of sp³-hybridized carbons (Fsp3) is 0.172. The standard InChI is InChI=1S/C29H24BrFN4O2/c1-18-14-21-15-19(2-11-26(21)32-18)12-13-34-27(36)17-37-29(34)25-16-35(24-9-5-22(30)6-10-24)33-28(25)20-3-7-23(31)8-4-20/h2-11,15-16,29,32H,1,12-14,17H2. The zero-order chi connectivity index (χ0) is 25.5. The van der Waals surface area contributed by atoms with Gasteiger partial charge in [0.15, 0.2) is 6.23 Å². The van der Waals surface area contributed by atoms with Crippen molar-refractivity contribution in [3.8, 4) is 16.9 Å². The first kappa shape index (κ1) is 23.6. The van der Waals surface area contributed by atoms with Gasteiger partial charge in [0, 0.05) is 46.1 Å². The second kappa shape index (κ2) is 9.61. The summed E-state index contributed by atoms with van der Waals surface area (Å²) < 4.78 is 22.4. The average molecular weight is 559 g/mol. The Morgan fingerprint density at radius 2 is 1.89 bits per heavy atom. The predicted octanol–water partition coefficient (Wildman–Crippen LogP) is 6.02. The largest absolute Gasteiger partial charge is 0.359 e. The molecule has 0 spiro atoms. The van der Waals surface area contributed by atoms with E-state index in [2.05, 4.69) is 46.0 Å². The lowest BCUT2D eigenvalue weighted by Crippen LogP contribution is -2.30. The molecule has 1 unspecified atom stereocenters. The number of nitrogens with zero attached hydrogens (tertiary/aromatic N) is 3. The van der Waals surface area contributed by atoms with E-state index in [1.807, 2.05) is 30.5 Å². The first-order valence-corrected chi connectivity index (χ1v) is 12.8. The lowest BCUT2D eigenvalue weighted by atomic mass is 10.0. The van der Waals surface area contributed by atoms with Crippen molar-refractivity contribution < 1.29 is 13.9 Å². The molecule has 1 fully saturated rings. The Hall–Kier alpha value is -3.75. The number of aromatic nitrogens is 2. The lowest BCUT2D eigenvalue weighted by molar-refractivity contribution is -0.128. The molecule has 1 atom stereocenters. The van der Waals surface area contributed by atoms with Gasteiger partial charge in [0.2, 0.25) is 0 Å². The number of anilines is 1. The molecule has 186 valence electrons. The van der Waals surface area contributed by atoms with Crippen molar-refractivity contribution in [3.05, 3.63) is 112 Å². The molecule has 1 saturated heterocycles. The molecule has 1 N–H and O–H groups in total. The molecule has 8 heteroatoms. The summed E-state index contributed by atoms with van der Waals surface area (Å²) in [4.78, 5) is 14.7. The van der Waals surface area contributed by atoms with Crippen molar-refractivity contribution in [1.82, 2.24) is 14.7 Å². The number of hydrogen-bond acceptors (Lipinski definition) is 4. The summed E-state index contributed by atoms with van der Waals surface area (Å²) in [6, 6.07) is 20.3. The summed E-state index contributed by atoms with van der Waals surface area (Å²) in [6.07, 6.45) is 2.81. The number of rotatable bonds is 6. The number of allylic oxidation sites excluding steroid dienone is 1. The highest BCUT2D eigenvalue weighted by molar-refractivity contribution is 9.10. The highest BCUT2D eigenvalue weighted by Gasteiger charge is 2.36. The molecule has 0 radical (unpaired) electrons. The van der Waals surface area contributed by atoms with Crippen molar-refractivity contribution in [2.75, 3.05) is 18.5 Å². The molecule has 3 heterocycles. The van der Waals surface area contributed by atoms with Crippen LogP contribution >= 0.6 is 15.9 Å². The van der Waals surface area contributed by atoms with Gasteiger partial charge in [0.05, 0.1) is 5.69 Å². The number of ether oxygens (including phenoxy) is 1. The van der Waals surface area contributed by atoms with Gasteiger partial charge in [-0.05, 0) is 72.1 Å².